The lowest BCUT2D eigenvalue weighted by Gasteiger charge is -2.03. The number of carbonyl (C=O) groups excluding carboxylic acids is 1. The first-order chi connectivity index (χ1) is 15.6. The van der Waals surface area contributed by atoms with Gasteiger partial charge in [0, 0.05) is 14.5 Å². The van der Waals surface area contributed by atoms with Gasteiger partial charge in [-0.05, 0) is 79.4 Å². The third-order valence-electron chi connectivity index (χ3n) is 4.09. The molecule has 0 aliphatic heterocycles. The van der Waals surface area contributed by atoms with Crippen LogP contribution in [-0.2, 0) is 0 Å². The molecule has 2 N–H and O–H groups in total. The molecule has 0 aliphatic carbocycles. The van der Waals surface area contributed by atoms with Crippen molar-refractivity contribution in [1.29, 1.82) is 0 Å². The Hall–Kier alpha value is -3.29. The predicted molar refractivity (Wildman–Crippen MR) is 141 cm³/mol. The summed E-state index contributed by atoms with van der Waals surface area (Å²) in [6.07, 6.45) is 7.08. The Balaban J connectivity index is 1.49. The lowest BCUT2D eigenvalue weighted by atomic mass is 10.2. The number of allylic oxidation sites excluding steroid dienone is 2. The van der Waals surface area contributed by atoms with Crippen LogP contribution in [0.25, 0.3) is 12.2 Å². The average molecular weight is 552 g/mol. The van der Waals surface area contributed by atoms with Crippen LogP contribution in [-0.4, -0.2) is 18.3 Å². The number of halogens is 2. The molecule has 3 aromatic carbocycles. The summed E-state index contributed by atoms with van der Waals surface area (Å²) >= 11 is 6.88. The van der Waals surface area contributed by atoms with Crippen LogP contribution in [0, 0.1) is 0 Å². The van der Waals surface area contributed by atoms with Gasteiger partial charge in [0.2, 0.25) is 0 Å². The number of nitrogens with zero attached hydrogens (tertiary/aromatic N) is 2. The van der Waals surface area contributed by atoms with Gasteiger partial charge >= 0.3 is 0 Å². The molecule has 7 heteroatoms. The highest BCUT2D eigenvalue weighted by atomic mass is 79.9. The second-order valence-electron chi connectivity index (χ2n) is 6.53. The molecule has 0 bridgehead atoms. The minimum absolute atomic E-state index is 0.301. The number of carbonyl (C=O) groups is 1. The number of rotatable bonds is 8. The summed E-state index contributed by atoms with van der Waals surface area (Å²) in [6.45, 7) is 0. The number of amides is 1. The van der Waals surface area contributed by atoms with Crippen LogP contribution in [0.1, 0.15) is 21.5 Å². The summed E-state index contributed by atoms with van der Waals surface area (Å²) in [6, 6.07) is 26.7. The van der Waals surface area contributed by atoms with Crippen molar-refractivity contribution in [3.05, 3.63) is 111 Å². The molecular weight excluding hydrogens is 532 g/mol. The molecule has 0 saturated carbocycles. The van der Waals surface area contributed by atoms with Gasteiger partial charge in [0.25, 0.3) is 5.91 Å². The molecule has 5 nitrogen and oxygen atoms in total. The van der Waals surface area contributed by atoms with Crippen LogP contribution in [0.15, 0.2) is 104 Å². The van der Waals surface area contributed by atoms with E-state index in [1.165, 1.54) is 6.21 Å². The lowest BCUT2D eigenvalue weighted by Crippen LogP contribution is -2.17. The molecule has 0 aromatic heterocycles. The van der Waals surface area contributed by atoms with E-state index in [9.17, 15) is 4.79 Å². The summed E-state index contributed by atoms with van der Waals surface area (Å²) in [5.74, 6) is -0.301. The first-order valence-corrected chi connectivity index (χ1v) is 11.3. The summed E-state index contributed by atoms with van der Waals surface area (Å²) in [7, 11) is 0. The summed E-state index contributed by atoms with van der Waals surface area (Å²) in [5.41, 5.74) is 8.80. The van der Waals surface area contributed by atoms with Gasteiger partial charge in [0.15, 0.2) is 0 Å². The third kappa shape index (κ3) is 8.09. The average Bonchev–Trinajstić information content (AvgIpc) is 2.81. The minimum atomic E-state index is -0.301. The van der Waals surface area contributed by atoms with Crippen LogP contribution < -0.4 is 10.9 Å². The summed E-state index contributed by atoms with van der Waals surface area (Å²) in [4.78, 5) is 12.2. The van der Waals surface area contributed by atoms with E-state index in [2.05, 4.69) is 52.9 Å². The van der Waals surface area contributed by atoms with Crippen molar-refractivity contribution in [2.45, 2.75) is 0 Å². The standard InChI is InChI=1S/C25H20Br2N4O/c26-22(15-19-7-3-1-4-8-19)17-28-30-24-13-11-21(12-14-24)25(32)31-29-18-23(27)16-20-9-5-2-6-10-20/h1-18,30H,(H,31,32)/b22-15?,23-16+,28-17+,29-18?. The molecule has 160 valence electrons. The molecule has 0 aliphatic rings. The van der Waals surface area contributed by atoms with Gasteiger partial charge in [-0.2, -0.15) is 10.2 Å². The fourth-order valence-electron chi connectivity index (χ4n) is 2.57. The van der Waals surface area contributed by atoms with Crippen molar-refractivity contribution in [2.75, 3.05) is 5.43 Å². The Bertz CT molecular complexity index is 1140. The van der Waals surface area contributed by atoms with E-state index in [4.69, 9.17) is 0 Å². The first kappa shape index (κ1) is 23.4. The van der Waals surface area contributed by atoms with Gasteiger partial charge in [-0.1, -0.05) is 60.7 Å². The largest absolute Gasteiger partial charge is 0.278 e. The maximum absolute atomic E-state index is 12.2. The van der Waals surface area contributed by atoms with Crippen LogP contribution >= 0.6 is 31.9 Å². The Labute approximate surface area is 203 Å². The van der Waals surface area contributed by atoms with Crippen molar-refractivity contribution in [3.8, 4) is 0 Å². The summed E-state index contributed by atoms with van der Waals surface area (Å²) in [5, 5.41) is 8.17. The van der Waals surface area contributed by atoms with Crippen molar-refractivity contribution >= 4 is 68.0 Å². The Morgan fingerprint density at radius 2 is 1.19 bits per heavy atom. The monoisotopic (exact) mass is 550 g/mol. The molecule has 0 spiro atoms. The van der Waals surface area contributed by atoms with Crippen LogP contribution in [0.2, 0.25) is 0 Å². The maximum atomic E-state index is 12.2. The first-order valence-electron chi connectivity index (χ1n) is 9.67. The predicted octanol–water partition coefficient (Wildman–Crippen LogP) is 6.67. The molecule has 1 amide bonds. The fourth-order valence-corrected chi connectivity index (χ4v) is 3.31. The van der Waals surface area contributed by atoms with E-state index >= 15 is 0 Å². The van der Waals surface area contributed by atoms with E-state index in [1.54, 1.807) is 30.5 Å². The molecule has 0 radical (unpaired) electrons. The smallest absolute Gasteiger partial charge is 0.271 e. The van der Waals surface area contributed by atoms with Gasteiger partial charge in [0.05, 0.1) is 18.1 Å². The molecule has 0 fully saturated rings. The van der Waals surface area contributed by atoms with E-state index in [0.717, 1.165) is 25.8 Å². The highest BCUT2D eigenvalue weighted by Gasteiger charge is 2.03. The molecule has 0 atom stereocenters. The van der Waals surface area contributed by atoms with Gasteiger partial charge in [-0.25, -0.2) is 5.43 Å². The normalized spacial score (nSPS) is 12.3. The molecule has 0 heterocycles. The second-order valence-corrected chi connectivity index (χ2v) is 8.36. The van der Waals surface area contributed by atoms with Gasteiger partial charge < -0.3 is 0 Å². The Kier molecular flexibility index (Phi) is 9.16. The summed E-state index contributed by atoms with van der Waals surface area (Å²) < 4.78 is 1.58. The van der Waals surface area contributed by atoms with Gasteiger partial charge in [-0.3, -0.25) is 10.2 Å². The van der Waals surface area contributed by atoms with E-state index in [-0.39, 0.29) is 5.91 Å². The van der Waals surface area contributed by atoms with Crippen LogP contribution in [0.3, 0.4) is 0 Å². The van der Waals surface area contributed by atoms with E-state index in [0.29, 0.717) is 5.56 Å². The van der Waals surface area contributed by atoms with Crippen LogP contribution in [0.4, 0.5) is 5.69 Å². The molecular formula is C25H20Br2N4O. The SMILES string of the molecule is O=C(NN=C/C(Br)=C\c1ccccc1)c1ccc(N/N=C/C(Br)=Cc2ccccc2)cc1. The zero-order valence-corrected chi connectivity index (χ0v) is 20.1. The molecule has 0 saturated heterocycles. The van der Waals surface area contributed by atoms with Crippen molar-refractivity contribution in [3.63, 3.8) is 0 Å². The number of hydrogen-bond acceptors (Lipinski definition) is 4. The minimum Gasteiger partial charge on any atom is -0.278 e. The highest BCUT2D eigenvalue weighted by molar-refractivity contribution is 9.12. The topological polar surface area (TPSA) is 65.8 Å². The van der Waals surface area contributed by atoms with E-state index in [1.807, 2.05) is 72.8 Å². The number of hydrazone groups is 2. The van der Waals surface area contributed by atoms with Gasteiger partial charge in [0.1, 0.15) is 0 Å². The Morgan fingerprint density at radius 1 is 0.688 bits per heavy atom. The van der Waals surface area contributed by atoms with Crippen LogP contribution in [0.5, 0.6) is 0 Å². The van der Waals surface area contributed by atoms with Gasteiger partial charge in [-0.15, -0.1) is 0 Å². The molecule has 32 heavy (non-hydrogen) atoms. The lowest BCUT2D eigenvalue weighted by molar-refractivity contribution is 0.0955. The number of benzene rings is 3. The third-order valence-corrected chi connectivity index (χ3v) is 4.96. The molecule has 3 aromatic rings. The fraction of sp³-hybridized carbons (Fsp3) is 0. The Morgan fingerprint density at radius 3 is 1.72 bits per heavy atom. The zero-order chi connectivity index (χ0) is 22.6. The van der Waals surface area contributed by atoms with E-state index < -0.39 is 0 Å². The van der Waals surface area contributed by atoms with Crippen molar-refractivity contribution in [2.24, 2.45) is 10.2 Å². The maximum Gasteiger partial charge on any atom is 0.271 e. The number of nitrogens with one attached hydrogen (secondary N) is 2. The van der Waals surface area contributed by atoms with Crippen molar-refractivity contribution in [1.82, 2.24) is 5.43 Å². The highest BCUT2D eigenvalue weighted by Crippen LogP contribution is 2.13. The second kappa shape index (κ2) is 12.5. The van der Waals surface area contributed by atoms with Crippen molar-refractivity contribution < 1.29 is 4.79 Å². The molecule has 3 rings (SSSR count). The quantitative estimate of drug-likeness (QED) is 0.242. The number of anilines is 1. The zero-order valence-electron chi connectivity index (χ0n) is 17.0. The molecule has 0 unspecified atom stereocenters. The number of hydrogen-bond donors (Lipinski definition) is 2.